The smallest absolute Gasteiger partial charge is 0.257 e. The van der Waals surface area contributed by atoms with Crippen LogP contribution in [0.15, 0.2) is 16.8 Å². The summed E-state index contributed by atoms with van der Waals surface area (Å²) in [6, 6.07) is 1.81. The molecule has 0 aromatic carbocycles. The van der Waals surface area contributed by atoms with Crippen LogP contribution in [-0.4, -0.2) is 34.0 Å². The zero-order valence-electron chi connectivity index (χ0n) is 12.5. The lowest BCUT2D eigenvalue weighted by atomic mass is 10.2. The summed E-state index contributed by atoms with van der Waals surface area (Å²) in [5.74, 6) is 1.45. The third kappa shape index (κ3) is 2.47. The molecule has 21 heavy (non-hydrogen) atoms. The van der Waals surface area contributed by atoms with Gasteiger partial charge in [0.1, 0.15) is 11.5 Å². The molecular weight excluding hydrogens is 270 g/mol. The highest BCUT2D eigenvalue weighted by Crippen LogP contribution is 2.21. The molecule has 0 saturated heterocycles. The summed E-state index contributed by atoms with van der Waals surface area (Å²) in [4.78, 5) is 18.8. The zero-order valence-corrected chi connectivity index (χ0v) is 12.5. The summed E-state index contributed by atoms with van der Waals surface area (Å²) in [5.41, 5.74) is 2.60. The van der Waals surface area contributed by atoms with Crippen LogP contribution in [0.4, 0.5) is 0 Å². The Bertz CT molecular complexity index is 672. The maximum Gasteiger partial charge on any atom is 0.257 e. The molecule has 6 nitrogen and oxygen atoms in total. The molecule has 2 aromatic heterocycles. The zero-order chi connectivity index (χ0) is 15.0. The summed E-state index contributed by atoms with van der Waals surface area (Å²) in [6.07, 6.45) is 1.82. The van der Waals surface area contributed by atoms with Gasteiger partial charge in [0.15, 0.2) is 0 Å². The molecule has 0 fully saturated rings. The van der Waals surface area contributed by atoms with Crippen LogP contribution < -0.4 is 0 Å². The van der Waals surface area contributed by atoms with E-state index in [0.717, 1.165) is 23.7 Å². The minimum absolute atomic E-state index is 0.0140. The Balaban J connectivity index is 1.83. The summed E-state index contributed by atoms with van der Waals surface area (Å²) in [5, 5.41) is 0. The van der Waals surface area contributed by atoms with E-state index in [2.05, 4.69) is 9.55 Å². The normalized spacial score (nSPS) is 14.3. The molecule has 0 radical (unpaired) electrons. The van der Waals surface area contributed by atoms with E-state index >= 15 is 0 Å². The molecule has 6 heteroatoms. The van der Waals surface area contributed by atoms with Crippen molar-refractivity contribution in [3.63, 3.8) is 0 Å². The number of aromatic nitrogens is 2. The Morgan fingerprint density at radius 3 is 2.90 bits per heavy atom. The molecule has 2 aromatic rings. The molecule has 1 aliphatic heterocycles. The first kappa shape index (κ1) is 13.9. The number of furan rings is 1. The number of carbonyl (C=O) groups excluding carboxylic acids is 1. The summed E-state index contributed by atoms with van der Waals surface area (Å²) < 4.78 is 12.7. The van der Waals surface area contributed by atoms with Crippen LogP contribution in [0.5, 0.6) is 0 Å². The van der Waals surface area contributed by atoms with E-state index in [0.29, 0.717) is 31.0 Å². The Labute approximate surface area is 123 Å². The Morgan fingerprint density at radius 2 is 2.24 bits per heavy atom. The quantitative estimate of drug-likeness (QED) is 0.866. The number of aryl methyl sites for hydroxylation is 2. The van der Waals surface area contributed by atoms with Crippen molar-refractivity contribution in [1.82, 2.24) is 14.5 Å². The van der Waals surface area contributed by atoms with Crippen molar-refractivity contribution >= 4 is 5.91 Å². The first-order chi connectivity index (χ1) is 10.1. The second kappa shape index (κ2) is 5.37. The number of nitrogens with zero attached hydrogens (tertiary/aromatic N) is 3. The lowest BCUT2D eigenvalue weighted by Gasteiger charge is -2.28. The standard InChI is InChI=1S/C15H19N3O3/c1-10-6-12(11(2)21-10)15(19)17-4-5-18-9-16-13(8-20-3)14(18)7-17/h6,9H,4-5,7-8H2,1-3H3. The molecule has 0 spiro atoms. The van der Waals surface area contributed by atoms with Crippen molar-refractivity contribution < 1.29 is 13.9 Å². The highest BCUT2D eigenvalue weighted by molar-refractivity contribution is 5.95. The molecule has 0 unspecified atom stereocenters. The third-order valence-corrected chi connectivity index (χ3v) is 3.82. The molecule has 0 N–H and O–H groups in total. The fourth-order valence-electron chi connectivity index (χ4n) is 2.76. The van der Waals surface area contributed by atoms with Gasteiger partial charge in [-0.2, -0.15) is 0 Å². The van der Waals surface area contributed by atoms with E-state index in [1.807, 2.05) is 25.1 Å². The highest BCUT2D eigenvalue weighted by atomic mass is 16.5. The number of carbonyl (C=O) groups is 1. The SMILES string of the molecule is COCc1ncn2c1CN(C(=O)c1cc(C)oc1C)CC2. The van der Waals surface area contributed by atoms with E-state index in [9.17, 15) is 4.79 Å². The van der Waals surface area contributed by atoms with Crippen LogP contribution in [0.1, 0.15) is 33.3 Å². The summed E-state index contributed by atoms with van der Waals surface area (Å²) in [7, 11) is 1.65. The number of imidazole rings is 1. The average Bonchev–Trinajstić information content (AvgIpc) is 3.01. The molecule has 0 atom stereocenters. The van der Waals surface area contributed by atoms with Gasteiger partial charge in [-0.1, -0.05) is 0 Å². The number of rotatable bonds is 3. The first-order valence-corrected chi connectivity index (χ1v) is 6.98. The van der Waals surface area contributed by atoms with Crippen molar-refractivity contribution in [2.75, 3.05) is 13.7 Å². The summed E-state index contributed by atoms with van der Waals surface area (Å²) >= 11 is 0. The maximum absolute atomic E-state index is 12.6. The van der Waals surface area contributed by atoms with Crippen molar-refractivity contribution in [2.45, 2.75) is 33.5 Å². The van der Waals surface area contributed by atoms with Crippen LogP contribution in [0.2, 0.25) is 0 Å². The van der Waals surface area contributed by atoms with Gasteiger partial charge < -0.3 is 18.6 Å². The van der Waals surface area contributed by atoms with Crippen LogP contribution >= 0.6 is 0 Å². The molecule has 3 heterocycles. The van der Waals surface area contributed by atoms with Crippen molar-refractivity contribution in [2.24, 2.45) is 0 Å². The van der Waals surface area contributed by atoms with E-state index in [1.165, 1.54) is 0 Å². The van der Waals surface area contributed by atoms with Gasteiger partial charge >= 0.3 is 0 Å². The minimum atomic E-state index is 0.0140. The number of hydrogen-bond acceptors (Lipinski definition) is 4. The molecule has 112 valence electrons. The Kier molecular flexibility index (Phi) is 3.55. The first-order valence-electron chi connectivity index (χ1n) is 6.98. The number of methoxy groups -OCH3 is 1. The fourth-order valence-corrected chi connectivity index (χ4v) is 2.76. The van der Waals surface area contributed by atoms with E-state index in [4.69, 9.17) is 9.15 Å². The van der Waals surface area contributed by atoms with E-state index in [-0.39, 0.29) is 5.91 Å². The second-order valence-corrected chi connectivity index (χ2v) is 5.32. The molecule has 1 aliphatic rings. The predicted octanol–water partition coefficient (Wildman–Crippen LogP) is 1.90. The van der Waals surface area contributed by atoms with Gasteiger partial charge in [-0.15, -0.1) is 0 Å². The van der Waals surface area contributed by atoms with Crippen LogP contribution in [0, 0.1) is 13.8 Å². The monoisotopic (exact) mass is 289 g/mol. The number of ether oxygens (including phenoxy) is 1. The van der Waals surface area contributed by atoms with Crippen LogP contribution in [0.25, 0.3) is 0 Å². The van der Waals surface area contributed by atoms with Crippen molar-refractivity contribution in [1.29, 1.82) is 0 Å². The average molecular weight is 289 g/mol. The number of hydrogen-bond donors (Lipinski definition) is 0. The Morgan fingerprint density at radius 1 is 1.43 bits per heavy atom. The number of fused-ring (bicyclic) bond motifs is 1. The van der Waals surface area contributed by atoms with Crippen molar-refractivity contribution in [3.8, 4) is 0 Å². The number of amides is 1. The van der Waals surface area contributed by atoms with E-state index in [1.54, 1.807) is 13.2 Å². The summed E-state index contributed by atoms with van der Waals surface area (Å²) in [6.45, 7) is 6.14. The molecule has 0 bridgehead atoms. The predicted molar refractivity (Wildman–Crippen MR) is 75.9 cm³/mol. The minimum Gasteiger partial charge on any atom is -0.466 e. The van der Waals surface area contributed by atoms with Gasteiger partial charge in [-0.3, -0.25) is 4.79 Å². The molecule has 1 amide bonds. The lowest BCUT2D eigenvalue weighted by Crippen LogP contribution is -2.38. The van der Waals surface area contributed by atoms with Crippen LogP contribution in [-0.2, 0) is 24.4 Å². The lowest BCUT2D eigenvalue weighted by molar-refractivity contribution is 0.0706. The topological polar surface area (TPSA) is 60.5 Å². The van der Waals surface area contributed by atoms with Gasteiger partial charge in [0.2, 0.25) is 0 Å². The fraction of sp³-hybridized carbons (Fsp3) is 0.467. The van der Waals surface area contributed by atoms with Crippen LogP contribution in [0.3, 0.4) is 0 Å². The molecule has 0 saturated carbocycles. The van der Waals surface area contributed by atoms with Gasteiger partial charge in [-0.05, 0) is 19.9 Å². The highest BCUT2D eigenvalue weighted by Gasteiger charge is 2.26. The van der Waals surface area contributed by atoms with Gasteiger partial charge in [0, 0.05) is 20.2 Å². The van der Waals surface area contributed by atoms with Gasteiger partial charge in [0.05, 0.1) is 36.4 Å². The third-order valence-electron chi connectivity index (χ3n) is 3.82. The van der Waals surface area contributed by atoms with Crippen molar-refractivity contribution in [3.05, 3.63) is 40.9 Å². The van der Waals surface area contributed by atoms with Gasteiger partial charge in [-0.25, -0.2) is 4.98 Å². The van der Waals surface area contributed by atoms with Gasteiger partial charge in [0.25, 0.3) is 5.91 Å². The molecule has 3 rings (SSSR count). The second-order valence-electron chi connectivity index (χ2n) is 5.32. The maximum atomic E-state index is 12.6. The molecular formula is C15H19N3O3. The van der Waals surface area contributed by atoms with E-state index < -0.39 is 0 Å². The Hall–Kier alpha value is -2.08. The molecule has 0 aliphatic carbocycles. The largest absolute Gasteiger partial charge is 0.466 e.